The zero-order chi connectivity index (χ0) is 18.0. The summed E-state index contributed by atoms with van der Waals surface area (Å²) < 4.78 is 21.5. The van der Waals surface area contributed by atoms with Gasteiger partial charge in [-0.05, 0) is 18.2 Å². The van der Waals surface area contributed by atoms with Gasteiger partial charge in [-0.1, -0.05) is 0 Å². The van der Waals surface area contributed by atoms with Crippen molar-refractivity contribution in [2.75, 3.05) is 40.5 Å². The van der Waals surface area contributed by atoms with Crippen LogP contribution in [0.1, 0.15) is 16.8 Å². The summed E-state index contributed by atoms with van der Waals surface area (Å²) in [4.78, 5) is 26.0. The second kappa shape index (κ2) is 6.89. The Morgan fingerprint density at radius 3 is 2.60 bits per heavy atom. The maximum absolute atomic E-state index is 12.8. The summed E-state index contributed by atoms with van der Waals surface area (Å²) in [6, 6.07) is 5.03. The summed E-state index contributed by atoms with van der Waals surface area (Å²) in [7, 11) is 2.76. The molecule has 3 rings (SSSR count). The number of benzene rings is 1. The average molecular weight is 351 g/mol. The third-order valence-electron chi connectivity index (χ3n) is 4.75. The average Bonchev–Trinajstić information content (AvgIpc) is 2.66. The fourth-order valence-corrected chi connectivity index (χ4v) is 3.27. The summed E-state index contributed by atoms with van der Waals surface area (Å²) in [5, 5.41) is 9.53. The van der Waals surface area contributed by atoms with Gasteiger partial charge >= 0.3 is 5.97 Å². The van der Waals surface area contributed by atoms with Gasteiger partial charge < -0.3 is 29.0 Å². The van der Waals surface area contributed by atoms with Gasteiger partial charge in [0.15, 0.2) is 17.1 Å². The first kappa shape index (κ1) is 17.5. The molecule has 1 fully saturated rings. The first-order valence-corrected chi connectivity index (χ1v) is 8.02. The monoisotopic (exact) mass is 351 g/mol. The molecule has 0 saturated carbocycles. The molecule has 1 aromatic carbocycles. The molecular formula is C17H21NO7. The topological polar surface area (TPSA) is 94.5 Å². The highest BCUT2D eigenvalue weighted by Crippen LogP contribution is 2.33. The maximum Gasteiger partial charge on any atom is 0.338 e. The number of carboxylic acids is 1. The van der Waals surface area contributed by atoms with E-state index in [0.29, 0.717) is 30.3 Å². The lowest BCUT2D eigenvalue weighted by molar-refractivity contribution is -0.190. The largest absolute Gasteiger partial charge is 0.486 e. The summed E-state index contributed by atoms with van der Waals surface area (Å²) >= 11 is 0. The third kappa shape index (κ3) is 3.03. The van der Waals surface area contributed by atoms with Crippen molar-refractivity contribution in [3.05, 3.63) is 23.8 Å². The van der Waals surface area contributed by atoms with E-state index in [-0.39, 0.29) is 25.4 Å². The highest BCUT2D eigenvalue weighted by molar-refractivity contribution is 5.95. The first-order chi connectivity index (χ1) is 12.0. The smallest absolute Gasteiger partial charge is 0.338 e. The van der Waals surface area contributed by atoms with Gasteiger partial charge in [-0.2, -0.15) is 0 Å². The van der Waals surface area contributed by atoms with Crippen LogP contribution >= 0.6 is 0 Å². The second-order valence-electron chi connectivity index (χ2n) is 5.98. The molecule has 25 heavy (non-hydrogen) atoms. The Bertz CT molecular complexity index is 677. The van der Waals surface area contributed by atoms with Crippen molar-refractivity contribution >= 4 is 11.9 Å². The predicted octanol–water partition coefficient (Wildman–Crippen LogP) is 0.788. The standard InChI is InChI=1S/C17H21NO7/c1-22-14-10-18(6-5-17(14,23-2)16(20)21)15(19)11-3-4-12-13(9-11)25-8-7-24-12/h3-4,9,14H,5-8,10H2,1-2H3,(H,20,21)/t14-,17+/m1/s1. The number of carbonyl (C=O) groups is 2. The number of hydrogen-bond donors (Lipinski definition) is 1. The van der Waals surface area contributed by atoms with Gasteiger partial charge in [-0.15, -0.1) is 0 Å². The molecule has 1 amide bonds. The molecule has 0 aliphatic carbocycles. The van der Waals surface area contributed by atoms with Crippen LogP contribution < -0.4 is 9.47 Å². The van der Waals surface area contributed by atoms with E-state index in [0.717, 1.165) is 0 Å². The number of aliphatic carboxylic acids is 1. The molecule has 1 saturated heterocycles. The first-order valence-electron chi connectivity index (χ1n) is 8.02. The Kier molecular flexibility index (Phi) is 4.82. The van der Waals surface area contributed by atoms with E-state index in [1.165, 1.54) is 14.2 Å². The molecule has 0 bridgehead atoms. The van der Waals surface area contributed by atoms with E-state index < -0.39 is 17.7 Å². The highest BCUT2D eigenvalue weighted by atomic mass is 16.6. The van der Waals surface area contributed by atoms with Crippen molar-refractivity contribution in [3.8, 4) is 11.5 Å². The van der Waals surface area contributed by atoms with Crippen molar-refractivity contribution < 1.29 is 33.6 Å². The summed E-state index contributed by atoms with van der Waals surface area (Å²) in [6.45, 7) is 1.31. The van der Waals surface area contributed by atoms with Crippen LogP contribution in [0.2, 0.25) is 0 Å². The molecule has 8 heteroatoms. The second-order valence-corrected chi connectivity index (χ2v) is 5.98. The Hall–Kier alpha value is -2.32. The number of ether oxygens (including phenoxy) is 4. The number of amides is 1. The molecule has 8 nitrogen and oxygen atoms in total. The molecule has 0 spiro atoms. The van der Waals surface area contributed by atoms with Crippen LogP contribution in [0, 0.1) is 0 Å². The fraction of sp³-hybridized carbons (Fsp3) is 0.529. The Balaban J connectivity index is 1.79. The van der Waals surface area contributed by atoms with Gasteiger partial charge in [-0.25, -0.2) is 4.79 Å². The van der Waals surface area contributed by atoms with E-state index >= 15 is 0 Å². The van der Waals surface area contributed by atoms with Crippen LogP contribution in [0.3, 0.4) is 0 Å². The van der Waals surface area contributed by atoms with E-state index in [1.807, 2.05) is 0 Å². The van der Waals surface area contributed by atoms with E-state index in [9.17, 15) is 14.7 Å². The zero-order valence-electron chi connectivity index (χ0n) is 14.2. The zero-order valence-corrected chi connectivity index (χ0v) is 14.2. The van der Waals surface area contributed by atoms with E-state index in [4.69, 9.17) is 18.9 Å². The van der Waals surface area contributed by atoms with Gasteiger partial charge in [0.1, 0.15) is 19.3 Å². The van der Waals surface area contributed by atoms with Gasteiger partial charge in [0, 0.05) is 32.7 Å². The number of likely N-dealkylation sites (tertiary alicyclic amines) is 1. The minimum atomic E-state index is -1.45. The van der Waals surface area contributed by atoms with Gasteiger partial charge in [0.2, 0.25) is 0 Å². The third-order valence-corrected chi connectivity index (χ3v) is 4.75. The molecule has 0 unspecified atom stereocenters. The summed E-state index contributed by atoms with van der Waals surface area (Å²) in [6.07, 6.45) is -0.613. The molecule has 1 aromatic rings. The van der Waals surface area contributed by atoms with Crippen molar-refractivity contribution in [2.24, 2.45) is 0 Å². The lowest BCUT2D eigenvalue weighted by Gasteiger charge is -2.43. The Morgan fingerprint density at radius 2 is 1.96 bits per heavy atom. The molecular weight excluding hydrogens is 330 g/mol. The Morgan fingerprint density at radius 1 is 1.24 bits per heavy atom. The molecule has 2 aliphatic rings. The number of nitrogens with zero attached hydrogens (tertiary/aromatic N) is 1. The number of piperidine rings is 1. The molecule has 1 N–H and O–H groups in total. The number of rotatable bonds is 4. The number of hydrogen-bond acceptors (Lipinski definition) is 6. The molecule has 2 heterocycles. The van der Waals surface area contributed by atoms with Gasteiger partial charge in [-0.3, -0.25) is 4.79 Å². The lowest BCUT2D eigenvalue weighted by Crippen LogP contribution is -2.62. The van der Waals surface area contributed by atoms with E-state index in [2.05, 4.69) is 0 Å². The fourth-order valence-electron chi connectivity index (χ4n) is 3.27. The minimum absolute atomic E-state index is 0.129. The number of carbonyl (C=O) groups excluding carboxylic acids is 1. The van der Waals surface area contributed by atoms with Crippen LogP contribution in [0.25, 0.3) is 0 Å². The van der Waals surface area contributed by atoms with Crippen LogP contribution in [0.5, 0.6) is 11.5 Å². The van der Waals surface area contributed by atoms with Crippen molar-refractivity contribution in [2.45, 2.75) is 18.1 Å². The van der Waals surface area contributed by atoms with E-state index in [1.54, 1.807) is 23.1 Å². The van der Waals surface area contributed by atoms with Gasteiger partial charge in [0.05, 0.1) is 6.54 Å². The number of carboxylic acid groups (broad SMARTS) is 1. The van der Waals surface area contributed by atoms with Crippen LogP contribution in [0.4, 0.5) is 0 Å². The predicted molar refractivity (Wildman–Crippen MR) is 86.1 cm³/mol. The number of fused-ring (bicyclic) bond motifs is 1. The maximum atomic E-state index is 12.8. The molecule has 2 atom stereocenters. The SMILES string of the molecule is CO[C@@H]1CN(C(=O)c2ccc3c(c2)OCCO3)CC[C@@]1(OC)C(=O)O. The lowest BCUT2D eigenvalue weighted by atomic mass is 9.87. The van der Waals surface area contributed by atoms with Gasteiger partial charge in [0.25, 0.3) is 5.91 Å². The van der Waals surface area contributed by atoms with Crippen molar-refractivity contribution in [1.29, 1.82) is 0 Å². The molecule has 2 aliphatic heterocycles. The minimum Gasteiger partial charge on any atom is -0.486 e. The van der Waals surface area contributed by atoms with Crippen molar-refractivity contribution in [1.82, 2.24) is 4.90 Å². The van der Waals surface area contributed by atoms with Crippen LogP contribution in [0.15, 0.2) is 18.2 Å². The normalized spacial score (nSPS) is 25.5. The summed E-state index contributed by atoms with van der Waals surface area (Å²) in [5.41, 5.74) is -0.988. The van der Waals surface area contributed by atoms with Crippen molar-refractivity contribution in [3.63, 3.8) is 0 Å². The summed E-state index contributed by atoms with van der Waals surface area (Å²) in [5.74, 6) is -0.156. The Labute approximate surface area is 145 Å². The van der Waals surface area contributed by atoms with Crippen LogP contribution in [-0.2, 0) is 14.3 Å². The quantitative estimate of drug-likeness (QED) is 0.857. The molecule has 136 valence electrons. The molecule has 0 radical (unpaired) electrons. The highest BCUT2D eigenvalue weighted by Gasteiger charge is 2.51. The molecule has 0 aromatic heterocycles. The number of methoxy groups -OCH3 is 2. The van der Waals surface area contributed by atoms with Crippen LogP contribution in [-0.4, -0.2) is 74.1 Å².